The molecule has 3 nitrogen and oxygen atoms in total. The molecule has 5 heteroatoms. The molecule has 1 heterocycles. The van der Waals surface area contributed by atoms with Gasteiger partial charge in [0.05, 0.1) is 8.07 Å². The van der Waals surface area contributed by atoms with Gasteiger partial charge < -0.3 is 0 Å². The van der Waals surface area contributed by atoms with Crippen LogP contribution in [0, 0.1) is 0 Å². The van der Waals surface area contributed by atoms with Crippen molar-refractivity contribution in [3.05, 3.63) is 58.9 Å². The van der Waals surface area contributed by atoms with Gasteiger partial charge in [-0.1, -0.05) is 67.3 Å². The van der Waals surface area contributed by atoms with Gasteiger partial charge in [0.1, 0.15) is 0 Å². The van der Waals surface area contributed by atoms with E-state index in [0.717, 1.165) is 24.0 Å². The number of halogens is 1. The molecule has 0 spiro atoms. The molecule has 3 aromatic rings. The van der Waals surface area contributed by atoms with Crippen LogP contribution in [0.1, 0.15) is 17.5 Å². The van der Waals surface area contributed by atoms with Gasteiger partial charge in [-0.15, -0.1) is 0 Å². The number of hydrogen-bond acceptors (Lipinski definition) is 3. The van der Waals surface area contributed by atoms with Crippen LogP contribution < -0.4 is 5.19 Å². The molecule has 0 fully saturated rings. The Balaban J connectivity index is 1.77. The number of aryl methyl sites for hydroxylation is 1. The Hall–Kier alpha value is -2.04. The molecule has 0 radical (unpaired) electrons. The maximum atomic E-state index is 6.25. The Morgan fingerprint density at radius 3 is 2.31 bits per heavy atom. The lowest BCUT2D eigenvalue weighted by Gasteiger charge is -2.16. The SMILES string of the molecule is C[Si](C)(C)c1ccc(-c2nc(Cl)nc(-c3cccc4c3CCC4)n2)cc1. The zero-order chi connectivity index (χ0) is 18.3. The fraction of sp³-hybridized carbons (Fsp3) is 0.286. The molecule has 4 rings (SSSR count). The standard InChI is InChI=1S/C21H22ClN3Si/c1-26(2,3)16-12-10-15(11-13-16)19-23-20(25-21(22)24-19)18-9-5-7-14-6-4-8-17(14)18/h5,7,9-13H,4,6,8H2,1-3H3. The van der Waals surface area contributed by atoms with Crippen LogP contribution in [-0.4, -0.2) is 23.0 Å². The summed E-state index contributed by atoms with van der Waals surface area (Å²) >= 11 is 6.25. The van der Waals surface area contributed by atoms with E-state index >= 15 is 0 Å². The van der Waals surface area contributed by atoms with E-state index in [9.17, 15) is 0 Å². The zero-order valence-corrected chi connectivity index (χ0v) is 17.1. The second-order valence-electron chi connectivity index (χ2n) is 7.88. The third kappa shape index (κ3) is 3.31. The van der Waals surface area contributed by atoms with Gasteiger partial charge in [-0.25, -0.2) is 4.98 Å². The summed E-state index contributed by atoms with van der Waals surface area (Å²) in [7, 11) is -1.32. The maximum absolute atomic E-state index is 6.25. The number of nitrogens with zero attached hydrogens (tertiary/aromatic N) is 3. The molecule has 0 saturated carbocycles. The van der Waals surface area contributed by atoms with Gasteiger partial charge in [-0.05, 0) is 42.0 Å². The van der Waals surface area contributed by atoms with Gasteiger partial charge in [0.15, 0.2) is 11.6 Å². The van der Waals surface area contributed by atoms with E-state index in [1.807, 2.05) is 0 Å². The minimum atomic E-state index is -1.32. The van der Waals surface area contributed by atoms with Crippen molar-refractivity contribution in [2.24, 2.45) is 0 Å². The summed E-state index contributed by atoms with van der Waals surface area (Å²) in [5.74, 6) is 1.31. The van der Waals surface area contributed by atoms with Crippen LogP contribution >= 0.6 is 11.6 Å². The topological polar surface area (TPSA) is 38.7 Å². The van der Waals surface area contributed by atoms with Crippen LogP contribution in [0.4, 0.5) is 0 Å². The molecule has 26 heavy (non-hydrogen) atoms. The van der Waals surface area contributed by atoms with Crippen molar-refractivity contribution in [2.75, 3.05) is 0 Å². The molecule has 0 bridgehead atoms. The van der Waals surface area contributed by atoms with Crippen molar-refractivity contribution in [3.63, 3.8) is 0 Å². The Morgan fingerprint density at radius 2 is 1.58 bits per heavy atom. The lowest BCUT2D eigenvalue weighted by Crippen LogP contribution is -2.37. The fourth-order valence-corrected chi connectivity index (χ4v) is 4.87. The number of aromatic nitrogens is 3. The summed E-state index contributed by atoms with van der Waals surface area (Å²) in [5.41, 5.74) is 4.82. The molecule has 0 atom stereocenters. The predicted octanol–water partition coefficient (Wildman–Crippen LogP) is 4.89. The third-order valence-electron chi connectivity index (χ3n) is 5.00. The Morgan fingerprint density at radius 1 is 0.846 bits per heavy atom. The molecule has 0 amide bonds. The second kappa shape index (κ2) is 6.60. The molecule has 0 aliphatic heterocycles. The van der Waals surface area contributed by atoms with Crippen LogP contribution in [0.2, 0.25) is 24.9 Å². The van der Waals surface area contributed by atoms with E-state index in [-0.39, 0.29) is 5.28 Å². The summed E-state index contributed by atoms with van der Waals surface area (Å²) in [6, 6.07) is 15.0. The van der Waals surface area contributed by atoms with Crippen molar-refractivity contribution < 1.29 is 0 Å². The van der Waals surface area contributed by atoms with Crippen molar-refractivity contribution in [1.29, 1.82) is 0 Å². The molecule has 132 valence electrons. The average molecular weight is 380 g/mol. The first kappa shape index (κ1) is 17.4. The average Bonchev–Trinajstić information content (AvgIpc) is 3.09. The minimum Gasteiger partial charge on any atom is -0.208 e. The fourth-order valence-electron chi connectivity index (χ4n) is 3.55. The van der Waals surface area contributed by atoms with Gasteiger partial charge in [-0.3, -0.25) is 0 Å². The quantitative estimate of drug-likeness (QED) is 0.608. The largest absolute Gasteiger partial charge is 0.226 e. The summed E-state index contributed by atoms with van der Waals surface area (Å²) in [5, 5.41) is 1.66. The van der Waals surface area contributed by atoms with Crippen molar-refractivity contribution in [1.82, 2.24) is 15.0 Å². The van der Waals surface area contributed by atoms with Crippen molar-refractivity contribution >= 4 is 24.9 Å². The normalized spacial score (nSPS) is 13.7. The Kier molecular flexibility index (Phi) is 4.41. The summed E-state index contributed by atoms with van der Waals surface area (Å²) in [4.78, 5) is 13.5. The number of hydrogen-bond donors (Lipinski definition) is 0. The van der Waals surface area contributed by atoms with Crippen LogP contribution in [0.5, 0.6) is 0 Å². The van der Waals surface area contributed by atoms with Crippen LogP contribution in [0.25, 0.3) is 22.8 Å². The first-order valence-electron chi connectivity index (χ1n) is 9.05. The van der Waals surface area contributed by atoms with Crippen LogP contribution in [-0.2, 0) is 12.8 Å². The van der Waals surface area contributed by atoms with E-state index < -0.39 is 8.07 Å². The summed E-state index contributed by atoms with van der Waals surface area (Å²) in [6.07, 6.45) is 3.40. The van der Waals surface area contributed by atoms with Gasteiger partial charge in [0.2, 0.25) is 5.28 Å². The summed E-state index contributed by atoms with van der Waals surface area (Å²) < 4.78 is 0. The van der Waals surface area contributed by atoms with Crippen LogP contribution in [0.15, 0.2) is 42.5 Å². The van der Waals surface area contributed by atoms with E-state index in [2.05, 4.69) is 72.1 Å². The first-order chi connectivity index (χ1) is 12.4. The molecule has 0 N–H and O–H groups in total. The highest BCUT2D eigenvalue weighted by Gasteiger charge is 2.19. The lowest BCUT2D eigenvalue weighted by atomic mass is 10.0. The van der Waals surface area contributed by atoms with E-state index in [1.54, 1.807) is 0 Å². The monoisotopic (exact) mass is 379 g/mol. The second-order valence-corrected chi connectivity index (χ2v) is 13.3. The molecular weight excluding hydrogens is 358 g/mol. The van der Waals surface area contributed by atoms with Gasteiger partial charge in [0.25, 0.3) is 0 Å². The van der Waals surface area contributed by atoms with Crippen molar-refractivity contribution in [2.45, 2.75) is 38.9 Å². The van der Waals surface area contributed by atoms with E-state index in [4.69, 9.17) is 16.6 Å². The predicted molar refractivity (Wildman–Crippen MR) is 111 cm³/mol. The van der Waals surface area contributed by atoms with Gasteiger partial charge in [-0.2, -0.15) is 9.97 Å². The highest BCUT2D eigenvalue weighted by molar-refractivity contribution is 6.88. The van der Waals surface area contributed by atoms with Gasteiger partial charge in [0, 0.05) is 11.1 Å². The van der Waals surface area contributed by atoms with Gasteiger partial charge >= 0.3 is 0 Å². The number of benzene rings is 2. The maximum Gasteiger partial charge on any atom is 0.226 e. The molecule has 2 aromatic carbocycles. The minimum absolute atomic E-state index is 0.245. The lowest BCUT2D eigenvalue weighted by molar-refractivity contribution is 0.911. The van der Waals surface area contributed by atoms with Crippen molar-refractivity contribution in [3.8, 4) is 22.8 Å². The van der Waals surface area contributed by atoms with Crippen LogP contribution in [0.3, 0.4) is 0 Å². The molecule has 0 unspecified atom stereocenters. The smallest absolute Gasteiger partial charge is 0.208 e. The third-order valence-corrected chi connectivity index (χ3v) is 7.24. The molecule has 1 aliphatic carbocycles. The summed E-state index contributed by atoms with van der Waals surface area (Å²) in [6.45, 7) is 7.03. The van der Waals surface area contributed by atoms with E-state index in [1.165, 1.54) is 22.7 Å². The molecular formula is C21H22ClN3Si. The highest BCUT2D eigenvalue weighted by Crippen LogP contribution is 2.31. The van der Waals surface area contributed by atoms with E-state index in [0.29, 0.717) is 11.6 Å². The molecule has 0 saturated heterocycles. The zero-order valence-electron chi connectivity index (χ0n) is 15.4. The highest BCUT2D eigenvalue weighted by atomic mass is 35.5. The number of rotatable bonds is 3. The Labute approximate surface area is 160 Å². The number of fused-ring (bicyclic) bond motifs is 1. The first-order valence-corrected chi connectivity index (χ1v) is 12.9. The Bertz CT molecular complexity index is 962. The molecule has 1 aromatic heterocycles. The molecule has 1 aliphatic rings.